The molecule has 1 amide bonds. The number of rotatable bonds is 6. The molecule has 1 aliphatic heterocycles. The summed E-state index contributed by atoms with van der Waals surface area (Å²) in [5, 5.41) is 3.66. The van der Waals surface area contributed by atoms with Crippen molar-refractivity contribution in [3.63, 3.8) is 0 Å². The largest absolute Gasteiger partial charge is 0.413 e. The summed E-state index contributed by atoms with van der Waals surface area (Å²) in [5.74, 6) is -0.606. The Kier molecular flexibility index (Phi) is 6.88. The molecular formula is C20H30ClNO3SSi. The van der Waals surface area contributed by atoms with Gasteiger partial charge in [-0.15, -0.1) is 0 Å². The van der Waals surface area contributed by atoms with E-state index in [4.69, 9.17) is 16.0 Å². The molecule has 0 aromatic heterocycles. The van der Waals surface area contributed by atoms with Gasteiger partial charge in [-0.05, 0) is 49.3 Å². The Bertz CT molecular complexity index is 702. The molecule has 2 unspecified atom stereocenters. The zero-order valence-electron chi connectivity index (χ0n) is 17.1. The van der Waals surface area contributed by atoms with Crippen LogP contribution in [0.2, 0.25) is 23.2 Å². The third-order valence-corrected chi connectivity index (χ3v) is 11.6. The number of hydrogen-bond donors (Lipinski definition) is 1. The van der Waals surface area contributed by atoms with E-state index in [-0.39, 0.29) is 40.0 Å². The summed E-state index contributed by atoms with van der Waals surface area (Å²) in [4.78, 5) is 25.8. The third kappa shape index (κ3) is 5.16. The first kappa shape index (κ1) is 22.5. The van der Waals surface area contributed by atoms with Crippen LogP contribution < -0.4 is 5.32 Å². The van der Waals surface area contributed by atoms with Crippen LogP contribution in [0.3, 0.4) is 0 Å². The molecule has 150 valence electrons. The minimum atomic E-state index is -1.98. The first-order chi connectivity index (χ1) is 12.3. The lowest BCUT2D eigenvalue weighted by Crippen LogP contribution is -2.66. The van der Waals surface area contributed by atoms with Gasteiger partial charge in [-0.2, -0.15) is 0 Å². The van der Waals surface area contributed by atoms with Gasteiger partial charge in [0.2, 0.25) is 5.91 Å². The number of thioether (sulfide) groups is 1. The van der Waals surface area contributed by atoms with E-state index in [2.05, 4.69) is 39.2 Å². The van der Waals surface area contributed by atoms with Gasteiger partial charge in [0.05, 0.1) is 18.1 Å². The molecule has 4 atom stereocenters. The lowest BCUT2D eigenvalue weighted by atomic mass is 9.79. The molecule has 7 heteroatoms. The van der Waals surface area contributed by atoms with Crippen LogP contribution in [-0.2, 0) is 14.0 Å². The minimum Gasteiger partial charge on any atom is -0.413 e. The van der Waals surface area contributed by atoms with E-state index >= 15 is 0 Å². The molecule has 1 saturated heterocycles. The molecule has 2 rings (SSSR count). The quantitative estimate of drug-likeness (QED) is 0.389. The van der Waals surface area contributed by atoms with E-state index in [1.807, 2.05) is 26.0 Å². The highest BCUT2D eigenvalue weighted by atomic mass is 35.5. The second-order valence-corrected chi connectivity index (χ2v) is 15.1. The van der Waals surface area contributed by atoms with Gasteiger partial charge < -0.3 is 9.74 Å². The highest BCUT2D eigenvalue weighted by Crippen LogP contribution is 2.40. The van der Waals surface area contributed by atoms with Crippen LogP contribution in [0.15, 0.2) is 29.2 Å². The van der Waals surface area contributed by atoms with Crippen LogP contribution in [-0.4, -0.2) is 31.5 Å². The molecule has 1 N–H and O–H groups in total. The standard InChI is InChI=1S/C20H30ClNO3SSi/c1-12(19(24)26-15-10-8-14(21)9-11-15)17-16(18(23)22-17)13(2)25-27(6,7)20(3,4)5/h8-13,16-17H,1-7H3,(H,22,23)/t12-,13-,16?,17?/m1/s1. The number of benzene rings is 1. The van der Waals surface area contributed by atoms with Crippen molar-refractivity contribution in [2.24, 2.45) is 11.8 Å². The van der Waals surface area contributed by atoms with Crippen molar-refractivity contribution in [1.82, 2.24) is 5.32 Å². The van der Waals surface area contributed by atoms with Gasteiger partial charge in [0.15, 0.2) is 13.4 Å². The smallest absolute Gasteiger partial charge is 0.228 e. The predicted molar refractivity (Wildman–Crippen MR) is 115 cm³/mol. The van der Waals surface area contributed by atoms with Crippen LogP contribution in [0.25, 0.3) is 0 Å². The van der Waals surface area contributed by atoms with Crippen molar-refractivity contribution in [3.8, 4) is 0 Å². The SMILES string of the molecule is C[C@@H](O[Si](C)(C)C(C)(C)C)C1C(=O)NC1[C@@H](C)C(=O)Sc1ccc(Cl)cc1. The highest BCUT2D eigenvalue weighted by Gasteiger charge is 2.50. The van der Waals surface area contributed by atoms with Gasteiger partial charge in [-0.1, -0.05) is 51.1 Å². The van der Waals surface area contributed by atoms with E-state index in [1.54, 1.807) is 12.1 Å². The van der Waals surface area contributed by atoms with Crippen molar-refractivity contribution in [2.45, 2.75) is 69.8 Å². The monoisotopic (exact) mass is 427 g/mol. The van der Waals surface area contributed by atoms with Gasteiger partial charge in [0, 0.05) is 15.8 Å². The summed E-state index contributed by atoms with van der Waals surface area (Å²) < 4.78 is 6.41. The molecule has 0 spiro atoms. The van der Waals surface area contributed by atoms with Crippen molar-refractivity contribution in [3.05, 3.63) is 29.3 Å². The lowest BCUT2D eigenvalue weighted by Gasteiger charge is -2.46. The first-order valence-electron chi connectivity index (χ1n) is 9.29. The van der Waals surface area contributed by atoms with Gasteiger partial charge in [0.25, 0.3) is 0 Å². The lowest BCUT2D eigenvalue weighted by molar-refractivity contribution is -0.143. The van der Waals surface area contributed by atoms with E-state index in [9.17, 15) is 9.59 Å². The molecule has 0 aliphatic carbocycles. The number of amides is 1. The number of β-lactam (4-membered cyclic amide) rings is 1. The maximum Gasteiger partial charge on any atom is 0.228 e. The van der Waals surface area contributed by atoms with Crippen LogP contribution in [0.4, 0.5) is 0 Å². The Hall–Kier alpha value is -0.823. The molecule has 0 bridgehead atoms. The minimum absolute atomic E-state index is 0.0256. The highest BCUT2D eigenvalue weighted by molar-refractivity contribution is 8.13. The summed E-state index contributed by atoms with van der Waals surface area (Å²) in [6.45, 7) is 14.7. The van der Waals surface area contributed by atoms with Gasteiger partial charge in [-0.3, -0.25) is 9.59 Å². The van der Waals surface area contributed by atoms with Gasteiger partial charge in [-0.25, -0.2) is 0 Å². The maximum atomic E-state index is 12.7. The number of carbonyl (C=O) groups excluding carboxylic acids is 2. The Morgan fingerprint density at radius 2 is 1.78 bits per heavy atom. The zero-order valence-corrected chi connectivity index (χ0v) is 19.7. The third-order valence-electron chi connectivity index (χ3n) is 5.73. The van der Waals surface area contributed by atoms with Gasteiger partial charge in [0.1, 0.15) is 0 Å². The fourth-order valence-corrected chi connectivity index (χ4v) is 5.32. The van der Waals surface area contributed by atoms with Crippen molar-refractivity contribution < 1.29 is 14.0 Å². The molecule has 1 aromatic rings. The Balaban J connectivity index is 2.03. The topological polar surface area (TPSA) is 55.4 Å². The Morgan fingerprint density at radius 3 is 2.26 bits per heavy atom. The predicted octanol–water partition coefficient (Wildman–Crippen LogP) is 5.12. The number of halogens is 1. The number of carbonyl (C=O) groups is 2. The number of hydrogen-bond acceptors (Lipinski definition) is 4. The van der Waals surface area contributed by atoms with E-state index < -0.39 is 8.32 Å². The summed E-state index contributed by atoms with van der Waals surface area (Å²) in [5.41, 5.74) is 0. The second-order valence-electron chi connectivity index (χ2n) is 8.81. The molecule has 0 saturated carbocycles. The van der Waals surface area contributed by atoms with Crippen LogP contribution in [0, 0.1) is 11.8 Å². The Morgan fingerprint density at radius 1 is 1.22 bits per heavy atom. The van der Waals surface area contributed by atoms with Crippen molar-refractivity contribution in [1.29, 1.82) is 0 Å². The molecule has 1 heterocycles. The van der Waals surface area contributed by atoms with E-state index in [0.29, 0.717) is 5.02 Å². The fourth-order valence-electron chi connectivity index (χ4n) is 2.93. The molecular weight excluding hydrogens is 398 g/mol. The fraction of sp³-hybridized carbons (Fsp3) is 0.600. The Labute approximate surface area is 172 Å². The van der Waals surface area contributed by atoms with Crippen LogP contribution in [0.5, 0.6) is 0 Å². The summed E-state index contributed by atoms with van der Waals surface area (Å²) >= 11 is 7.08. The first-order valence-corrected chi connectivity index (χ1v) is 13.4. The molecule has 0 radical (unpaired) electrons. The van der Waals surface area contributed by atoms with E-state index in [1.165, 1.54) is 11.8 Å². The molecule has 4 nitrogen and oxygen atoms in total. The summed E-state index contributed by atoms with van der Waals surface area (Å²) in [6.07, 6.45) is -0.208. The van der Waals surface area contributed by atoms with Crippen molar-refractivity contribution in [2.75, 3.05) is 0 Å². The maximum absolute atomic E-state index is 12.7. The molecule has 27 heavy (non-hydrogen) atoms. The average molecular weight is 428 g/mol. The molecule has 1 aromatic carbocycles. The van der Waals surface area contributed by atoms with Gasteiger partial charge >= 0.3 is 0 Å². The zero-order chi connectivity index (χ0) is 20.6. The second kappa shape index (κ2) is 8.27. The van der Waals surface area contributed by atoms with E-state index in [0.717, 1.165) is 4.90 Å². The number of nitrogens with one attached hydrogen (secondary N) is 1. The normalized spacial score (nSPS) is 22.6. The van der Waals surface area contributed by atoms with Crippen molar-refractivity contribution >= 4 is 42.7 Å². The molecule has 1 aliphatic rings. The van der Waals surface area contributed by atoms with Crippen LogP contribution in [0.1, 0.15) is 34.6 Å². The summed E-state index contributed by atoms with van der Waals surface area (Å²) in [6, 6.07) is 7.01. The average Bonchev–Trinajstić information content (AvgIpc) is 2.52. The molecule has 1 fully saturated rings. The van der Waals surface area contributed by atoms with Crippen LogP contribution >= 0.6 is 23.4 Å². The summed E-state index contributed by atoms with van der Waals surface area (Å²) in [7, 11) is -1.98.